The Kier molecular flexibility index (Phi) is 5.46. The molecule has 1 N–H and O–H groups in total. The number of aromatic nitrogens is 1. The molecule has 24 heavy (non-hydrogen) atoms. The van der Waals surface area contributed by atoms with Crippen molar-refractivity contribution in [3.63, 3.8) is 0 Å². The largest absolute Gasteiger partial charge is 0.482 e. The summed E-state index contributed by atoms with van der Waals surface area (Å²) in [6, 6.07) is 17.0. The smallest absolute Gasteiger partial charge is 0.258 e. The van der Waals surface area contributed by atoms with E-state index in [9.17, 15) is 4.79 Å². The third-order valence-corrected chi connectivity index (χ3v) is 4.41. The van der Waals surface area contributed by atoms with Gasteiger partial charge in [0.05, 0.1) is 17.3 Å². The van der Waals surface area contributed by atoms with Crippen LogP contribution in [-0.4, -0.2) is 17.5 Å². The van der Waals surface area contributed by atoms with E-state index in [2.05, 4.69) is 10.3 Å². The zero-order valence-electron chi connectivity index (χ0n) is 12.7. The highest BCUT2D eigenvalue weighted by molar-refractivity contribution is 7.09. The van der Waals surface area contributed by atoms with Gasteiger partial charge in [0.2, 0.25) is 0 Å². The van der Waals surface area contributed by atoms with Gasteiger partial charge >= 0.3 is 0 Å². The number of thiazole rings is 1. The quantitative estimate of drug-likeness (QED) is 0.719. The lowest BCUT2D eigenvalue weighted by atomic mass is 10.2. The molecule has 0 aliphatic carbocycles. The first kappa shape index (κ1) is 16.5. The van der Waals surface area contributed by atoms with Crippen LogP contribution in [0.3, 0.4) is 0 Å². The summed E-state index contributed by atoms with van der Waals surface area (Å²) in [7, 11) is 0. The van der Waals surface area contributed by atoms with E-state index in [1.54, 1.807) is 18.2 Å². The van der Waals surface area contributed by atoms with E-state index in [1.165, 1.54) is 11.3 Å². The van der Waals surface area contributed by atoms with E-state index in [0.29, 0.717) is 17.3 Å². The number of amides is 1. The molecule has 3 aromatic rings. The summed E-state index contributed by atoms with van der Waals surface area (Å²) >= 11 is 7.49. The topological polar surface area (TPSA) is 51.2 Å². The Hall–Kier alpha value is -2.37. The molecule has 3 rings (SSSR count). The molecule has 0 unspecified atom stereocenters. The molecule has 0 saturated carbocycles. The van der Waals surface area contributed by atoms with E-state index < -0.39 is 0 Å². The van der Waals surface area contributed by atoms with Crippen LogP contribution < -0.4 is 10.1 Å². The van der Waals surface area contributed by atoms with Crippen molar-refractivity contribution in [1.29, 1.82) is 0 Å². The van der Waals surface area contributed by atoms with Crippen molar-refractivity contribution < 1.29 is 9.53 Å². The highest BCUT2D eigenvalue weighted by Crippen LogP contribution is 2.23. The number of nitrogens with one attached hydrogen (secondary N) is 1. The number of benzene rings is 2. The predicted molar refractivity (Wildman–Crippen MR) is 96.3 cm³/mol. The molecule has 122 valence electrons. The molecular formula is C18H15ClN2O2S. The van der Waals surface area contributed by atoms with E-state index in [1.807, 2.05) is 41.8 Å². The Morgan fingerprint density at radius 3 is 2.67 bits per heavy atom. The van der Waals surface area contributed by atoms with E-state index in [-0.39, 0.29) is 12.5 Å². The first-order valence-electron chi connectivity index (χ1n) is 7.36. The number of nitrogens with zero attached hydrogens (tertiary/aromatic N) is 1. The normalized spacial score (nSPS) is 10.4. The molecular weight excluding hydrogens is 344 g/mol. The zero-order chi connectivity index (χ0) is 16.8. The van der Waals surface area contributed by atoms with Gasteiger partial charge in [-0.25, -0.2) is 4.98 Å². The summed E-state index contributed by atoms with van der Waals surface area (Å²) < 4.78 is 5.40. The van der Waals surface area contributed by atoms with Gasteiger partial charge in [-0.1, -0.05) is 54.1 Å². The van der Waals surface area contributed by atoms with Crippen molar-refractivity contribution in [2.24, 2.45) is 0 Å². The first-order chi connectivity index (χ1) is 11.7. The molecule has 0 spiro atoms. The maximum Gasteiger partial charge on any atom is 0.258 e. The molecule has 0 atom stereocenters. The Balaban J connectivity index is 1.50. The van der Waals surface area contributed by atoms with Crippen molar-refractivity contribution in [3.05, 3.63) is 70.0 Å². The first-order valence-corrected chi connectivity index (χ1v) is 8.62. The van der Waals surface area contributed by atoms with Crippen LogP contribution in [0.1, 0.15) is 5.01 Å². The highest BCUT2D eigenvalue weighted by Gasteiger charge is 2.08. The summed E-state index contributed by atoms with van der Waals surface area (Å²) in [6.45, 7) is 0.295. The number of halogens is 1. The zero-order valence-corrected chi connectivity index (χ0v) is 14.3. The van der Waals surface area contributed by atoms with Gasteiger partial charge in [-0.3, -0.25) is 4.79 Å². The lowest BCUT2D eigenvalue weighted by molar-refractivity contribution is -0.123. The second-order valence-electron chi connectivity index (χ2n) is 4.99. The van der Waals surface area contributed by atoms with Gasteiger partial charge in [-0.05, 0) is 12.1 Å². The molecule has 1 amide bonds. The maximum absolute atomic E-state index is 11.9. The molecule has 4 nitrogen and oxygen atoms in total. The van der Waals surface area contributed by atoms with Crippen LogP contribution in [0.5, 0.6) is 5.75 Å². The van der Waals surface area contributed by atoms with Gasteiger partial charge in [0, 0.05) is 10.9 Å². The second kappa shape index (κ2) is 7.95. The maximum atomic E-state index is 11.9. The Morgan fingerprint density at radius 2 is 1.88 bits per heavy atom. The van der Waals surface area contributed by atoms with Gasteiger partial charge in [-0.2, -0.15) is 0 Å². The van der Waals surface area contributed by atoms with Crippen LogP contribution in [0, 0.1) is 0 Å². The summed E-state index contributed by atoms with van der Waals surface area (Å²) in [5.41, 5.74) is 1.98. The monoisotopic (exact) mass is 358 g/mol. The summed E-state index contributed by atoms with van der Waals surface area (Å²) in [5, 5.41) is 6.11. The van der Waals surface area contributed by atoms with Crippen LogP contribution in [-0.2, 0) is 11.3 Å². The van der Waals surface area contributed by atoms with Gasteiger partial charge in [0.25, 0.3) is 5.91 Å². The molecule has 0 radical (unpaired) electrons. The van der Waals surface area contributed by atoms with Crippen LogP contribution in [0.15, 0.2) is 60.0 Å². The van der Waals surface area contributed by atoms with Crippen molar-refractivity contribution in [2.45, 2.75) is 6.54 Å². The average Bonchev–Trinajstić information content (AvgIpc) is 3.09. The van der Waals surface area contributed by atoms with Gasteiger partial charge in [0.15, 0.2) is 6.61 Å². The minimum atomic E-state index is -0.216. The lowest BCUT2D eigenvalue weighted by Gasteiger charge is -2.07. The molecule has 0 aliphatic rings. The van der Waals surface area contributed by atoms with E-state index in [4.69, 9.17) is 16.3 Å². The Bertz CT molecular complexity index is 821. The molecule has 1 heterocycles. The Labute approximate surface area is 149 Å². The van der Waals surface area contributed by atoms with Crippen LogP contribution in [0.4, 0.5) is 0 Å². The van der Waals surface area contributed by atoms with Crippen molar-refractivity contribution in [1.82, 2.24) is 10.3 Å². The molecule has 0 aliphatic heterocycles. The van der Waals surface area contributed by atoms with Crippen molar-refractivity contribution in [2.75, 3.05) is 6.61 Å². The summed E-state index contributed by atoms with van der Waals surface area (Å²) in [4.78, 5) is 16.4. The second-order valence-corrected chi connectivity index (χ2v) is 6.34. The van der Waals surface area contributed by atoms with E-state index in [0.717, 1.165) is 16.3 Å². The molecule has 0 bridgehead atoms. The molecule has 6 heteroatoms. The highest BCUT2D eigenvalue weighted by atomic mass is 35.5. The third-order valence-electron chi connectivity index (χ3n) is 3.25. The number of carbonyl (C=O) groups is 1. The number of rotatable bonds is 6. The molecule has 2 aromatic carbocycles. The SMILES string of the molecule is O=C(COc1ccccc1Cl)NCc1nc(-c2ccccc2)cs1. The fourth-order valence-corrected chi connectivity index (χ4v) is 3.00. The lowest BCUT2D eigenvalue weighted by Crippen LogP contribution is -2.28. The minimum absolute atomic E-state index is 0.0827. The van der Waals surface area contributed by atoms with Crippen molar-refractivity contribution in [3.8, 4) is 17.0 Å². The number of ether oxygens (including phenoxy) is 1. The van der Waals surface area contributed by atoms with Gasteiger partial charge in [0.1, 0.15) is 10.8 Å². The summed E-state index contributed by atoms with van der Waals surface area (Å²) in [6.07, 6.45) is 0. The van der Waals surface area contributed by atoms with Crippen LogP contribution in [0.25, 0.3) is 11.3 Å². The average molecular weight is 359 g/mol. The predicted octanol–water partition coefficient (Wildman–Crippen LogP) is 4.16. The number of para-hydroxylation sites is 1. The Morgan fingerprint density at radius 1 is 1.12 bits per heavy atom. The number of hydrogen-bond donors (Lipinski definition) is 1. The molecule has 0 fully saturated rings. The summed E-state index contributed by atoms with van der Waals surface area (Å²) in [5.74, 6) is 0.279. The van der Waals surface area contributed by atoms with Crippen molar-refractivity contribution >= 4 is 28.8 Å². The fraction of sp³-hybridized carbons (Fsp3) is 0.111. The standard InChI is InChI=1S/C18H15ClN2O2S/c19-14-8-4-5-9-16(14)23-11-17(22)20-10-18-21-15(12-24-18)13-6-2-1-3-7-13/h1-9,12H,10-11H2,(H,20,22). The fourth-order valence-electron chi connectivity index (χ4n) is 2.06. The number of hydrogen-bond acceptors (Lipinski definition) is 4. The van der Waals surface area contributed by atoms with Gasteiger partial charge < -0.3 is 10.1 Å². The minimum Gasteiger partial charge on any atom is -0.482 e. The third kappa shape index (κ3) is 4.34. The van der Waals surface area contributed by atoms with Gasteiger partial charge in [-0.15, -0.1) is 11.3 Å². The van der Waals surface area contributed by atoms with E-state index >= 15 is 0 Å². The van der Waals surface area contributed by atoms with Crippen LogP contribution in [0.2, 0.25) is 5.02 Å². The van der Waals surface area contributed by atoms with Crippen LogP contribution >= 0.6 is 22.9 Å². The molecule has 1 aromatic heterocycles. The number of carbonyl (C=O) groups excluding carboxylic acids is 1. The molecule has 0 saturated heterocycles.